The predicted molar refractivity (Wildman–Crippen MR) is 125 cm³/mol. The van der Waals surface area contributed by atoms with E-state index in [0.717, 1.165) is 17.8 Å². The molecule has 2 amide bonds. The number of pyridine rings is 1. The van der Waals surface area contributed by atoms with Crippen LogP contribution < -0.4 is 10.6 Å². The maximum absolute atomic E-state index is 12.9. The fourth-order valence-corrected chi connectivity index (χ4v) is 3.53. The Morgan fingerprint density at radius 2 is 1.78 bits per heavy atom. The molecule has 0 bridgehead atoms. The topological polar surface area (TPSA) is 102 Å². The molecule has 0 radical (unpaired) electrons. The molecule has 0 atom stereocenters. The SMILES string of the molecule is CC(C)c1c(C(=O)NCc2ccc(NC(=O)c3ccco3)cc2)cnn1-c1ccc(C(F)(F)F)cn1. The van der Waals surface area contributed by atoms with Gasteiger partial charge < -0.3 is 15.1 Å². The molecule has 3 heterocycles. The molecule has 4 aromatic rings. The highest BCUT2D eigenvalue weighted by atomic mass is 19.4. The minimum Gasteiger partial charge on any atom is -0.459 e. The van der Waals surface area contributed by atoms with Gasteiger partial charge in [-0.3, -0.25) is 9.59 Å². The molecule has 8 nitrogen and oxygen atoms in total. The molecule has 0 aliphatic heterocycles. The largest absolute Gasteiger partial charge is 0.459 e. The normalized spacial score (nSPS) is 11.5. The van der Waals surface area contributed by atoms with E-state index < -0.39 is 11.7 Å². The van der Waals surface area contributed by atoms with Gasteiger partial charge in [-0.1, -0.05) is 26.0 Å². The van der Waals surface area contributed by atoms with E-state index >= 15 is 0 Å². The Bertz CT molecular complexity index is 1340. The number of alkyl halides is 3. The molecule has 0 aliphatic carbocycles. The summed E-state index contributed by atoms with van der Waals surface area (Å²) in [5.74, 6) is -0.541. The van der Waals surface area contributed by atoms with Gasteiger partial charge in [0.2, 0.25) is 0 Å². The molecular formula is C25H22F3N5O3. The van der Waals surface area contributed by atoms with Crippen LogP contribution in [0.3, 0.4) is 0 Å². The first kappa shape index (κ1) is 24.7. The van der Waals surface area contributed by atoms with Gasteiger partial charge >= 0.3 is 6.18 Å². The summed E-state index contributed by atoms with van der Waals surface area (Å²) < 4.78 is 45.0. The molecule has 4 rings (SSSR count). The van der Waals surface area contributed by atoms with Crippen LogP contribution >= 0.6 is 0 Å². The average molecular weight is 497 g/mol. The van der Waals surface area contributed by atoms with Gasteiger partial charge in [0.1, 0.15) is 0 Å². The summed E-state index contributed by atoms with van der Waals surface area (Å²) in [5.41, 5.74) is 1.32. The number of anilines is 1. The maximum atomic E-state index is 12.9. The Morgan fingerprint density at radius 1 is 1.03 bits per heavy atom. The average Bonchev–Trinajstić information content (AvgIpc) is 3.54. The summed E-state index contributed by atoms with van der Waals surface area (Å²) in [4.78, 5) is 28.9. The summed E-state index contributed by atoms with van der Waals surface area (Å²) in [6, 6.07) is 12.2. The number of amides is 2. The van der Waals surface area contributed by atoms with Crippen LogP contribution in [0.5, 0.6) is 0 Å². The van der Waals surface area contributed by atoms with E-state index in [1.54, 1.807) is 36.4 Å². The lowest BCUT2D eigenvalue weighted by molar-refractivity contribution is -0.137. The Balaban J connectivity index is 1.44. The molecule has 186 valence electrons. The van der Waals surface area contributed by atoms with Crippen LogP contribution in [0.1, 0.15) is 57.5 Å². The quantitative estimate of drug-likeness (QED) is 0.366. The molecule has 0 saturated heterocycles. The third kappa shape index (κ3) is 5.45. The number of carbonyl (C=O) groups is 2. The van der Waals surface area contributed by atoms with Crippen molar-refractivity contribution in [3.63, 3.8) is 0 Å². The highest BCUT2D eigenvalue weighted by molar-refractivity contribution is 6.02. The number of nitrogens with one attached hydrogen (secondary N) is 2. The highest BCUT2D eigenvalue weighted by Gasteiger charge is 2.31. The van der Waals surface area contributed by atoms with Crippen LogP contribution in [0.4, 0.5) is 18.9 Å². The lowest BCUT2D eigenvalue weighted by Crippen LogP contribution is -2.24. The van der Waals surface area contributed by atoms with Crippen LogP contribution in [0.2, 0.25) is 0 Å². The fourth-order valence-electron chi connectivity index (χ4n) is 3.53. The minimum atomic E-state index is -4.50. The first-order chi connectivity index (χ1) is 17.1. The van der Waals surface area contributed by atoms with Gasteiger partial charge in [0.05, 0.1) is 29.3 Å². The van der Waals surface area contributed by atoms with E-state index in [-0.39, 0.29) is 35.9 Å². The second-order valence-electron chi connectivity index (χ2n) is 8.22. The van der Waals surface area contributed by atoms with Crippen LogP contribution in [-0.4, -0.2) is 26.6 Å². The first-order valence-corrected chi connectivity index (χ1v) is 11.0. The highest BCUT2D eigenvalue weighted by Crippen LogP contribution is 2.29. The number of rotatable bonds is 7. The van der Waals surface area contributed by atoms with Crippen molar-refractivity contribution in [1.82, 2.24) is 20.1 Å². The molecule has 0 saturated carbocycles. The molecule has 1 aromatic carbocycles. The molecular weight excluding hydrogens is 475 g/mol. The zero-order chi connectivity index (χ0) is 25.9. The Hall–Kier alpha value is -4.41. The number of nitrogens with zero attached hydrogens (tertiary/aromatic N) is 3. The number of aromatic nitrogens is 3. The molecule has 36 heavy (non-hydrogen) atoms. The Kier molecular flexibility index (Phi) is 6.91. The number of carbonyl (C=O) groups excluding carboxylic acids is 2. The predicted octanol–water partition coefficient (Wildman–Crippen LogP) is 5.18. The van der Waals surface area contributed by atoms with Crippen molar-refractivity contribution in [1.29, 1.82) is 0 Å². The van der Waals surface area contributed by atoms with Crippen LogP contribution in [0, 0.1) is 0 Å². The smallest absolute Gasteiger partial charge is 0.417 e. The van der Waals surface area contributed by atoms with Crippen molar-refractivity contribution in [2.24, 2.45) is 0 Å². The molecule has 0 fully saturated rings. The Morgan fingerprint density at radius 3 is 2.36 bits per heavy atom. The maximum Gasteiger partial charge on any atom is 0.417 e. The molecule has 0 aliphatic rings. The van der Waals surface area contributed by atoms with Crippen molar-refractivity contribution >= 4 is 17.5 Å². The van der Waals surface area contributed by atoms with Gasteiger partial charge in [0, 0.05) is 18.4 Å². The van der Waals surface area contributed by atoms with E-state index in [0.29, 0.717) is 16.9 Å². The standard InChI is InChI=1S/C25H22F3N5O3/c1-15(2)22-19(14-31-33(22)21-10-7-17(13-29-21)25(26,27)28)23(34)30-12-16-5-8-18(9-6-16)32-24(35)20-4-3-11-36-20/h3-11,13-15H,12H2,1-2H3,(H,30,34)(H,32,35). The van der Waals surface area contributed by atoms with E-state index in [4.69, 9.17) is 4.42 Å². The van der Waals surface area contributed by atoms with Crippen molar-refractivity contribution in [2.45, 2.75) is 32.5 Å². The van der Waals surface area contributed by atoms with Gasteiger partial charge in [-0.05, 0) is 47.9 Å². The minimum absolute atomic E-state index is 0.158. The Labute approximate surface area is 204 Å². The summed E-state index contributed by atoms with van der Waals surface area (Å²) in [6.07, 6.45) is -0.973. The van der Waals surface area contributed by atoms with Gasteiger partial charge in [-0.2, -0.15) is 18.3 Å². The van der Waals surface area contributed by atoms with Crippen molar-refractivity contribution in [2.75, 3.05) is 5.32 Å². The van der Waals surface area contributed by atoms with Crippen LogP contribution in [0.15, 0.2) is 71.6 Å². The summed E-state index contributed by atoms with van der Waals surface area (Å²) in [5, 5.41) is 9.74. The number of benzene rings is 1. The van der Waals surface area contributed by atoms with Gasteiger partial charge in [-0.15, -0.1) is 0 Å². The van der Waals surface area contributed by atoms with E-state index in [1.807, 2.05) is 13.8 Å². The van der Waals surface area contributed by atoms with E-state index in [9.17, 15) is 22.8 Å². The van der Waals surface area contributed by atoms with Gasteiger partial charge in [-0.25, -0.2) is 9.67 Å². The summed E-state index contributed by atoms with van der Waals surface area (Å²) in [6.45, 7) is 3.92. The van der Waals surface area contributed by atoms with E-state index in [2.05, 4.69) is 20.7 Å². The first-order valence-electron chi connectivity index (χ1n) is 11.0. The molecule has 3 aromatic heterocycles. The lowest BCUT2D eigenvalue weighted by atomic mass is 10.1. The summed E-state index contributed by atoms with van der Waals surface area (Å²) >= 11 is 0. The molecule has 0 unspecified atom stereocenters. The monoisotopic (exact) mass is 497 g/mol. The van der Waals surface area contributed by atoms with Crippen molar-refractivity contribution in [3.05, 3.63) is 95.3 Å². The van der Waals surface area contributed by atoms with Crippen LogP contribution in [-0.2, 0) is 12.7 Å². The van der Waals surface area contributed by atoms with Crippen molar-refractivity contribution < 1.29 is 27.2 Å². The molecule has 2 N–H and O–H groups in total. The zero-order valence-electron chi connectivity index (χ0n) is 19.3. The number of hydrogen-bond donors (Lipinski definition) is 2. The van der Waals surface area contributed by atoms with E-state index in [1.165, 1.54) is 23.2 Å². The number of halogens is 3. The molecule has 0 spiro atoms. The van der Waals surface area contributed by atoms with Crippen LogP contribution in [0.25, 0.3) is 5.82 Å². The zero-order valence-corrected chi connectivity index (χ0v) is 19.3. The second kappa shape index (κ2) is 10.1. The summed E-state index contributed by atoms with van der Waals surface area (Å²) in [7, 11) is 0. The van der Waals surface area contributed by atoms with Crippen molar-refractivity contribution in [3.8, 4) is 5.82 Å². The number of furan rings is 1. The number of hydrogen-bond acceptors (Lipinski definition) is 5. The fraction of sp³-hybridized carbons (Fsp3) is 0.200. The van der Waals surface area contributed by atoms with Gasteiger partial charge in [0.25, 0.3) is 11.8 Å². The molecule has 11 heteroatoms. The third-order valence-electron chi connectivity index (χ3n) is 5.30. The second-order valence-corrected chi connectivity index (χ2v) is 8.22. The lowest BCUT2D eigenvalue weighted by Gasteiger charge is -2.13. The van der Waals surface area contributed by atoms with Gasteiger partial charge in [0.15, 0.2) is 11.6 Å². The third-order valence-corrected chi connectivity index (χ3v) is 5.30.